The molecule has 2 aromatic rings. The van der Waals surface area contributed by atoms with E-state index in [0.29, 0.717) is 5.75 Å². The van der Waals surface area contributed by atoms with E-state index in [0.717, 1.165) is 9.26 Å². The van der Waals surface area contributed by atoms with Gasteiger partial charge in [0.15, 0.2) is 6.61 Å². The summed E-state index contributed by atoms with van der Waals surface area (Å²) in [6, 6.07) is 16.9. The van der Waals surface area contributed by atoms with E-state index in [1.807, 2.05) is 54.6 Å². The zero-order valence-corrected chi connectivity index (χ0v) is 11.8. The molecule has 0 spiro atoms. The zero-order chi connectivity index (χ0) is 12.8. The molecule has 18 heavy (non-hydrogen) atoms. The molecular formula is C14H12INO2. The second-order valence-corrected chi connectivity index (χ2v) is 4.90. The summed E-state index contributed by atoms with van der Waals surface area (Å²) in [5.74, 6) is 0.526. The fourth-order valence-electron chi connectivity index (χ4n) is 1.40. The van der Waals surface area contributed by atoms with Crippen molar-refractivity contribution in [1.82, 2.24) is 0 Å². The zero-order valence-electron chi connectivity index (χ0n) is 9.60. The number of halogens is 1. The Morgan fingerprint density at radius 3 is 2.39 bits per heavy atom. The van der Waals surface area contributed by atoms with E-state index >= 15 is 0 Å². The van der Waals surface area contributed by atoms with Crippen LogP contribution in [0.1, 0.15) is 0 Å². The van der Waals surface area contributed by atoms with E-state index in [9.17, 15) is 4.79 Å². The maximum absolute atomic E-state index is 11.6. The van der Waals surface area contributed by atoms with Gasteiger partial charge in [-0.15, -0.1) is 0 Å². The maximum Gasteiger partial charge on any atom is 0.262 e. The van der Waals surface area contributed by atoms with Gasteiger partial charge in [-0.25, -0.2) is 0 Å². The number of para-hydroxylation sites is 1. The van der Waals surface area contributed by atoms with E-state index in [1.54, 1.807) is 0 Å². The minimum absolute atomic E-state index is 0.00941. The SMILES string of the molecule is O=C(COc1ccc(I)cc1)Nc1ccccc1. The Bertz CT molecular complexity index is 511. The summed E-state index contributed by atoms with van der Waals surface area (Å²) in [7, 11) is 0. The fourth-order valence-corrected chi connectivity index (χ4v) is 1.76. The largest absolute Gasteiger partial charge is 0.484 e. The Labute approximate surface area is 119 Å². The van der Waals surface area contributed by atoms with Crippen LogP contribution in [0.4, 0.5) is 5.69 Å². The van der Waals surface area contributed by atoms with Crippen LogP contribution in [-0.4, -0.2) is 12.5 Å². The Morgan fingerprint density at radius 2 is 1.72 bits per heavy atom. The summed E-state index contributed by atoms with van der Waals surface area (Å²) < 4.78 is 6.51. The van der Waals surface area contributed by atoms with E-state index in [-0.39, 0.29) is 12.5 Å². The molecule has 92 valence electrons. The fraction of sp³-hybridized carbons (Fsp3) is 0.0714. The van der Waals surface area contributed by atoms with Gasteiger partial charge in [0.05, 0.1) is 0 Å². The van der Waals surface area contributed by atoms with E-state index in [2.05, 4.69) is 27.9 Å². The van der Waals surface area contributed by atoms with Gasteiger partial charge in [0.2, 0.25) is 0 Å². The molecule has 4 heteroatoms. The summed E-state index contributed by atoms with van der Waals surface area (Å²) in [4.78, 5) is 11.6. The molecule has 0 fully saturated rings. The van der Waals surface area contributed by atoms with Crippen molar-refractivity contribution in [2.24, 2.45) is 0 Å². The van der Waals surface area contributed by atoms with Crippen molar-refractivity contribution < 1.29 is 9.53 Å². The molecule has 0 bridgehead atoms. The molecule has 1 N–H and O–H groups in total. The third-order valence-corrected chi connectivity index (χ3v) is 2.96. The van der Waals surface area contributed by atoms with Crippen molar-refractivity contribution >= 4 is 34.2 Å². The number of rotatable bonds is 4. The summed E-state index contributed by atoms with van der Waals surface area (Å²) in [5.41, 5.74) is 0.772. The lowest BCUT2D eigenvalue weighted by Crippen LogP contribution is -2.20. The minimum atomic E-state index is -0.167. The van der Waals surface area contributed by atoms with Gasteiger partial charge >= 0.3 is 0 Å². The molecule has 0 radical (unpaired) electrons. The van der Waals surface area contributed by atoms with Crippen molar-refractivity contribution in [2.75, 3.05) is 11.9 Å². The molecule has 0 aliphatic rings. The van der Waals surface area contributed by atoms with Crippen molar-refractivity contribution in [3.05, 3.63) is 58.2 Å². The van der Waals surface area contributed by atoms with E-state index in [1.165, 1.54) is 0 Å². The highest BCUT2D eigenvalue weighted by Crippen LogP contribution is 2.13. The van der Waals surface area contributed by atoms with Gasteiger partial charge < -0.3 is 10.1 Å². The van der Waals surface area contributed by atoms with Gasteiger partial charge in [-0.05, 0) is 59.0 Å². The van der Waals surface area contributed by atoms with Gasteiger partial charge in [0, 0.05) is 9.26 Å². The standard InChI is InChI=1S/C14H12INO2/c15-11-6-8-13(9-7-11)18-10-14(17)16-12-4-2-1-3-5-12/h1-9H,10H2,(H,16,17). The van der Waals surface area contributed by atoms with Gasteiger partial charge in [0.1, 0.15) is 5.75 Å². The lowest BCUT2D eigenvalue weighted by Gasteiger charge is -2.07. The Kier molecular flexibility index (Phi) is 4.58. The highest BCUT2D eigenvalue weighted by Gasteiger charge is 2.03. The average Bonchev–Trinajstić information content (AvgIpc) is 2.39. The molecule has 0 atom stereocenters. The van der Waals surface area contributed by atoms with E-state index < -0.39 is 0 Å². The average molecular weight is 353 g/mol. The lowest BCUT2D eigenvalue weighted by atomic mass is 10.3. The Morgan fingerprint density at radius 1 is 1.06 bits per heavy atom. The van der Waals surface area contributed by atoms with Crippen LogP contribution in [0.25, 0.3) is 0 Å². The molecule has 0 unspecified atom stereocenters. The first-order valence-electron chi connectivity index (χ1n) is 5.47. The van der Waals surface area contributed by atoms with Crippen LogP contribution >= 0.6 is 22.6 Å². The monoisotopic (exact) mass is 353 g/mol. The quantitative estimate of drug-likeness (QED) is 0.857. The molecule has 2 rings (SSSR count). The molecule has 0 aliphatic carbocycles. The number of amides is 1. The molecule has 2 aromatic carbocycles. The van der Waals surface area contributed by atoms with Gasteiger partial charge in [0.25, 0.3) is 5.91 Å². The van der Waals surface area contributed by atoms with Crippen LogP contribution < -0.4 is 10.1 Å². The number of anilines is 1. The first kappa shape index (κ1) is 12.9. The Balaban J connectivity index is 1.83. The summed E-state index contributed by atoms with van der Waals surface area (Å²) in [6.07, 6.45) is 0. The predicted octanol–water partition coefficient (Wildman–Crippen LogP) is 3.31. The highest BCUT2D eigenvalue weighted by atomic mass is 127. The second-order valence-electron chi connectivity index (χ2n) is 3.66. The van der Waals surface area contributed by atoms with Crippen LogP contribution in [0.5, 0.6) is 5.75 Å². The number of carbonyl (C=O) groups is 1. The van der Waals surface area contributed by atoms with Crippen LogP contribution in [0, 0.1) is 3.57 Å². The number of hydrogen-bond acceptors (Lipinski definition) is 2. The summed E-state index contributed by atoms with van der Waals surface area (Å²) in [5, 5.41) is 2.76. The number of benzene rings is 2. The van der Waals surface area contributed by atoms with Gasteiger partial charge in [-0.2, -0.15) is 0 Å². The molecule has 0 saturated carbocycles. The molecule has 0 heterocycles. The van der Waals surface area contributed by atoms with Crippen molar-refractivity contribution in [3.63, 3.8) is 0 Å². The topological polar surface area (TPSA) is 38.3 Å². The van der Waals surface area contributed by atoms with Crippen molar-refractivity contribution in [3.8, 4) is 5.75 Å². The van der Waals surface area contributed by atoms with Crippen LogP contribution in [0.15, 0.2) is 54.6 Å². The number of nitrogens with one attached hydrogen (secondary N) is 1. The van der Waals surface area contributed by atoms with Crippen LogP contribution in [-0.2, 0) is 4.79 Å². The first-order valence-corrected chi connectivity index (χ1v) is 6.55. The molecule has 3 nitrogen and oxygen atoms in total. The minimum Gasteiger partial charge on any atom is -0.484 e. The van der Waals surface area contributed by atoms with Crippen LogP contribution in [0.2, 0.25) is 0 Å². The summed E-state index contributed by atoms with van der Waals surface area (Å²) >= 11 is 2.22. The lowest BCUT2D eigenvalue weighted by molar-refractivity contribution is -0.118. The molecule has 0 saturated heterocycles. The number of ether oxygens (including phenoxy) is 1. The second kappa shape index (κ2) is 6.39. The van der Waals surface area contributed by atoms with Gasteiger partial charge in [-0.1, -0.05) is 18.2 Å². The predicted molar refractivity (Wildman–Crippen MR) is 79.7 cm³/mol. The highest BCUT2D eigenvalue weighted by molar-refractivity contribution is 14.1. The maximum atomic E-state index is 11.6. The van der Waals surface area contributed by atoms with Gasteiger partial charge in [-0.3, -0.25) is 4.79 Å². The number of carbonyl (C=O) groups excluding carboxylic acids is 1. The van der Waals surface area contributed by atoms with E-state index in [4.69, 9.17) is 4.74 Å². The third kappa shape index (κ3) is 4.03. The molecule has 0 aromatic heterocycles. The molecule has 1 amide bonds. The normalized spacial score (nSPS) is 9.83. The van der Waals surface area contributed by atoms with Crippen LogP contribution in [0.3, 0.4) is 0 Å². The van der Waals surface area contributed by atoms with Crippen molar-refractivity contribution in [1.29, 1.82) is 0 Å². The molecular weight excluding hydrogens is 341 g/mol. The summed E-state index contributed by atoms with van der Waals surface area (Å²) in [6.45, 7) is 0.00941. The van der Waals surface area contributed by atoms with Crippen molar-refractivity contribution in [2.45, 2.75) is 0 Å². The number of hydrogen-bond donors (Lipinski definition) is 1. The smallest absolute Gasteiger partial charge is 0.262 e. The molecule has 0 aliphatic heterocycles. The first-order chi connectivity index (χ1) is 8.74. The Hall–Kier alpha value is -1.56. The third-order valence-electron chi connectivity index (χ3n) is 2.24.